The number of anilines is 1. The largest absolute Gasteiger partial charge is 0.393 e. The molecule has 222 valence electrons. The molecule has 1 aromatic rings. The van der Waals surface area contributed by atoms with Gasteiger partial charge < -0.3 is 30.3 Å². The molecule has 3 unspecified atom stereocenters. The molecule has 1 saturated carbocycles. The topological polar surface area (TPSA) is 126 Å². The third-order valence-electron chi connectivity index (χ3n) is 8.42. The van der Waals surface area contributed by atoms with Gasteiger partial charge in [-0.2, -0.15) is 0 Å². The van der Waals surface area contributed by atoms with Crippen molar-refractivity contribution in [3.05, 3.63) is 41.5 Å². The molecule has 2 aliphatic heterocycles. The van der Waals surface area contributed by atoms with Crippen LogP contribution >= 0.6 is 0 Å². The molecule has 2 saturated heterocycles. The highest BCUT2D eigenvalue weighted by Crippen LogP contribution is 2.55. The minimum absolute atomic E-state index is 0.0173. The van der Waals surface area contributed by atoms with E-state index in [1.807, 2.05) is 23.6 Å². The Kier molecular flexibility index (Phi) is 10.0. The second-order valence-electron chi connectivity index (χ2n) is 11.5. The number of ether oxygens (including phenoxy) is 2. The zero-order chi connectivity index (χ0) is 28.9. The lowest BCUT2D eigenvalue weighted by atomic mass is 9.86. The lowest BCUT2D eigenvalue weighted by Gasteiger charge is -2.37. The van der Waals surface area contributed by atoms with Crippen molar-refractivity contribution >= 4 is 17.5 Å². The number of para-hydroxylation sites is 1. The predicted molar refractivity (Wildman–Crippen MR) is 151 cm³/mol. The van der Waals surface area contributed by atoms with Crippen molar-refractivity contribution in [2.45, 2.75) is 58.0 Å². The first kappa shape index (κ1) is 30.2. The van der Waals surface area contributed by atoms with Gasteiger partial charge in [-0.3, -0.25) is 14.6 Å². The molecule has 1 aromatic carbocycles. The van der Waals surface area contributed by atoms with E-state index in [-0.39, 0.29) is 46.6 Å². The quantitative estimate of drug-likeness (QED) is 0.162. The Labute approximate surface area is 236 Å². The van der Waals surface area contributed by atoms with E-state index in [2.05, 4.69) is 5.32 Å². The van der Waals surface area contributed by atoms with Crippen LogP contribution in [0.1, 0.15) is 46.0 Å². The summed E-state index contributed by atoms with van der Waals surface area (Å²) in [4.78, 5) is 31.0. The zero-order valence-corrected chi connectivity index (χ0v) is 24.0. The number of hydrogen-bond donors (Lipinski definition) is 3. The Balaban J connectivity index is 1.55. The van der Waals surface area contributed by atoms with E-state index in [0.717, 1.165) is 25.8 Å². The van der Waals surface area contributed by atoms with Crippen LogP contribution in [0.25, 0.3) is 0 Å². The van der Waals surface area contributed by atoms with Crippen LogP contribution in [0.15, 0.2) is 35.7 Å². The summed E-state index contributed by atoms with van der Waals surface area (Å²) in [6.45, 7) is 8.26. The predicted octanol–water partition coefficient (Wildman–Crippen LogP) is 1.96. The van der Waals surface area contributed by atoms with Gasteiger partial charge in [-0.1, -0.05) is 12.1 Å². The van der Waals surface area contributed by atoms with Crippen LogP contribution in [0.4, 0.5) is 10.1 Å². The van der Waals surface area contributed by atoms with Crippen LogP contribution in [0, 0.1) is 17.2 Å². The van der Waals surface area contributed by atoms with Gasteiger partial charge in [0.2, 0.25) is 5.91 Å². The number of unbranched alkanes of at least 4 members (excludes halogenated alkanes) is 1. The van der Waals surface area contributed by atoms with Crippen molar-refractivity contribution in [1.29, 1.82) is 0 Å². The second-order valence-corrected chi connectivity index (χ2v) is 11.5. The van der Waals surface area contributed by atoms with E-state index < -0.39 is 5.82 Å². The number of morpholine rings is 1. The number of nitrogens with one attached hydrogen (secondary N) is 1. The van der Waals surface area contributed by atoms with Gasteiger partial charge in [0.15, 0.2) is 0 Å². The molecule has 40 heavy (non-hydrogen) atoms. The number of carbonyl (C=O) groups excluding carboxylic acids is 2. The summed E-state index contributed by atoms with van der Waals surface area (Å²) in [7, 11) is 1.63. The lowest BCUT2D eigenvalue weighted by Crippen LogP contribution is -2.52. The molecule has 3 aliphatic rings. The first-order valence-corrected chi connectivity index (χ1v) is 14.4. The number of amides is 2. The maximum atomic E-state index is 14.7. The van der Waals surface area contributed by atoms with E-state index in [1.165, 1.54) is 11.1 Å². The Bertz CT molecular complexity index is 1080. The van der Waals surface area contributed by atoms with Crippen LogP contribution in [0.3, 0.4) is 0 Å². The number of piperidine rings is 1. The molecular formula is C29H45FN6O4. The number of benzene rings is 1. The molecular weight excluding hydrogens is 515 g/mol. The molecule has 1 spiro atoms. The van der Waals surface area contributed by atoms with Gasteiger partial charge in [0.1, 0.15) is 11.5 Å². The van der Waals surface area contributed by atoms with Crippen LogP contribution in [-0.4, -0.2) is 86.8 Å². The van der Waals surface area contributed by atoms with Crippen LogP contribution in [0.2, 0.25) is 0 Å². The fourth-order valence-electron chi connectivity index (χ4n) is 6.19. The van der Waals surface area contributed by atoms with E-state index >= 15 is 0 Å². The molecule has 0 radical (unpaired) electrons. The van der Waals surface area contributed by atoms with Crippen molar-refractivity contribution in [1.82, 2.24) is 15.1 Å². The van der Waals surface area contributed by atoms with E-state index in [0.29, 0.717) is 58.0 Å². The highest BCUT2D eigenvalue weighted by Gasteiger charge is 2.61. The summed E-state index contributed by atoms with van der Waals surface area (Å²) in [5.41, 5.74) is 6.95. The number of carbonyl (C=O) groups is 2. The summed E-state index contributed by atoms with van der Waals surface area (Å²) >= 11 is 0. The van der Waals surface area contributed by atoms with Crippen molar-refractivity contribution < 1.29 is 23.5 Å². The normalized spacial score (nSPS) is 25.1. The molecule has 2 heterocycles. The monoisotopic (exact) mass is 560 g/mol. The van der Waals surface area contributed by atoms with Gasteiger partial charge in [0.25, 0.3) is 5.91 Å². The van der Waals surface area contributed by atoms with Gasteiger partial charge >= 0.3 is 0 Å². The van der Waals surface area contributed by atoms with Crippen molar-refractivity contribution in [2.75, 3.05) is 58.1 Å². The highest BCUT2D eigenvalue weighted by molar-refractivity contribution is 5.94. The summed E-state index contributed by atoms with van der Waals surface area (Å²) in [5.74, 6) is 5.63. The Hall–Kier alpha value is -2.73. The SMILES string of the molecule is COCCCCC(=C(N)C(=O)N(C(C)C)C1CC12CNCC(C(=O)N1CCOCC1)C2)N(N)c1ccccc1F. The van der Waals surface area contributed by atoms with E-state index in [4.69, 9.17) is 21.1 Å². The maximum absolute atomic E-state index is 14.7. The fourth-order valence-corrected chi connectivity index (χ4v) is 6.19. The van der Waals surface area contributed by atoms with E-state index in [9.17, 15) is 14.0 Å². The Morgan fingerprint density at radius 1 is 1.23 bits per heavy atom. The number of nitrogens with two attached hydrogens (primary N) is 2. The van der Waals surface area contributed by atoms with Crippen LogP contribution < -0.4 is 21.9 Å². The average Bonchev–Trinajstić information content (AvgIpc) is 3.63. The van der Waals surface area contributed by atoms with Gasteiger partial charge in [-0.05, 0) is 58.1 Å². The number of methoxy groups -OCH3 is 1. The molecule has 5 N–H and O–H groups in total. The highest BCUT2D eigenvalue weighted by atomic mass is 19.1. The molecule has 3 fully saturated rings. The molecule has 3 atom stereocenters. The molecule has 11 heteroatoms. The molecule has 4 rings (SSSR count). The second kappa shape index (κ2) is 13.3. The standard InChI is InChI=1S/C29H45FN6O4/c1-20(2)35(25-17-29(25)16-21(18-33-19-29)27(37)34-11-14-40-15-12-34)28(38)26(31)24(10-6-7-13-39-3)36(32)23-9-5-4-8-22(23)30/h4-5,8-9,20-21,25,33H,6-7,10-19,31-32H2,1-3H3. The first-order chi connectivity index (χ1) is 19.2. The first-order valence-electron chi connectivity index (χ1n) is 14.4. The molecule has 0 aromatic heterocycles. The average molecular weight is 561 g/mol. The number of nitrogens with zero attached hydrogens (tertiary/aromatic N) is 3. The number of hydrogen-bond acceptors (Lipinski definition) is 8. The molecule has 2 amide bonds. The summed E-state index contributed by atoms with van der Waals surface area (Å²) in [6, 6.07) is 6.00. The third kappa shape index (κ3) is 6.59. The van der Waals surface area contributed by atoms with E-state index in [1.54, 1.807) is 25.3 Å². The van der Waals surface area contributed by atoms with Crippen LogP contribution in [-0.2, 0) is 19.1 Å². The molecule has 0 bridgehead atoms. The summed E-state index contributed by atoms with van der Waals surface area (Å²) in [5, 5.41) is 4.67. The Morgan fingerprint density at radius 3 is 2.62 bits per heavy atom. The zero-order valence-electron chi connectivity index (χ0n) is 24.0. The minimum Gasteiger partial charge on any atom is -0.393 e. The van der Waals surface area contributed by atoms with Gasteiger partial charge in [-0.15, -0.1) is 0 Å². The number of hydrazine groups is 1. The maximum Gasteiger partial charge on any atom is 0.272 e. The number of halogens is 1. The number of allylic oxidation sites excluding steroid dienone is 1. The summed E-state index contributed by atoms with van der Waals surface area (Å²) in [6.07, 6.45) is 3.33. The molecule has 10 nitrogen and oxygen atoms in total. The van der Waals surface area contributed by atoms with Gasteiger partial charge in [-0.25, -0.2) is 10.2 Å². The Morgan fingerprint density at radius 2 is 1.95 bits per heavy atom. The van der Waals surface area contributed by atoms with Crippen LogP contribution in [0.5, 0.6) is 0 Å². The fraction of sp³-hybridized carbons (Fsp3) is 0.655. The summed E-state index contributed by atoms with van der Waals surface area (Å²) < 4.78 is 25.2. The third-order valence-corrected chi connectivity index (χ3v) is 8.42. The van der Waals surface area contributed by atoms with Crippen molar-refractivity contribution in [2.24, 2.45) is 22.9 Å². The number of rotatable bonds is 11. The minimum atomic E-state index is -0.495. The van der Waals surface area contributed by atoms with Crippen molar-refractivity contribution in [3.8, 4) is 0 Å². The van der Waals surface area contributed by atoms with Gasteiger partial charge in [0.05, 0.1) is 30.5 Å². The van der Waals surface area contributed by atoms with Gasteiger partial charge in [0, 0.05) is 57.4 Å². The smallest absolute Gasteiger partial charge is 0.272 e. The van der Waals surface area contributed by atoms with Crippen molar-refractivity contribution in [3.63, 3.8) is 0 Å². The molecule has 1 aliphatic carbocycles. The lowest BCUT2D eigenvalue weighted by molar-refractivity contribution is -0.141.